The first-order valence-electron chi connectivity index (χ1n) is 7.60. The van der Waals surface area contributed by atoms with Gasteiger partial charge in [-0.05, 0) is 44.7 Å². The maximum Gasteiger partial charge on any atom is 0.148 e. The average molecular weight is 304 g/mol. The van der Waals surface area contributed by atoms with Gasteiger partial charge in [-0.1, -0.05) is 20.8 Å². The van der Waals surface area contributed by atoms with Crippen LogP contribution >= 0.6 is 0 Å². The maximum atomic E-state index is 11.4. The van der Waals surface area contributed by atoms with Crippen LogP contribution in [0.15, 0.2) is 0 Å². The molecule has 4 nitrogen and oxygen atoms in total. The molecule has 120 valence electrons. The first kappa shape index (κ1) is 17.9. The largest absolute Gasteiger partial charge is 0.315 e. The molecule has 1 fully saturated rings. The Kier molecular flexibility index (Phi) is 6.05. The summed E-state index contributed by atoms with van der Waals surface area (Å²) in [7, 11) is 1.19. The number of hydrogen-bond donors (Lipinski definition) is 1. The van der Waals surface area contributed by atoms with Gasteiger partial charge in [0.05, 0.1) is 5.75 Å². The minimum absolute atomic E-state index is 0.247. The molecule has 0 heterocycles. The molecule has 1 rings (SSSR count). The lowest BCUT2D eigenvalue weighted by molar-refractivity contribution is 0.0779. The summed E-state index contributed by atoms with van der Waals surface area (Å²) in [5, 5.41) is 3.41. The fourth-order valence-corrected chi connectivity index (χ4v) is 3.85. The van der Waals surface area contributed by atoms with Gasteiger partial charge in [-0.25, -0.2) is 8.42 Å². The minimum atomic E-state index is -2.89. The molecular formula is C15H32N2O2S. The molecule has 0 saturated heterocycles. The molecular weight excluding hydrogens is 272 g/mol. The van der Waals surface area contributed by atoms with Crippen molar-refractivity contribution in [1.29, 1.82) is 0 Å². The van der Waals surface area contributed by atoms with E-state index in [1.807, 2.05) is 7.05 Å². The number of nitrogens with one attached hydrogen (secondary N) is 1. The van der Waals surface area contributed by atoms with Crippen LogP contribution in [0.4, 0.5) is 0 Å². The van der Waals surface area contributed by atoms with Gasteiger partial charge in [0, 0.05) is 24.9 Å². The lowest BCUT2D eigenvalue weighted by Gasteiger charge is -2.45. The molecule has 1 N–H and O–H groups in total. The van der Waals surface area contributed by atoms with Crippen molar-refractivity contribution in [3.63, 3.8) is 0 Å². The topological polar surface area (TPSA) is 49.4 Å². The summed E-state index contributed by atoms with van der Waals surface area (Å²) in [5.74, 6) is 0.953. The van der Waals surface area contributed by atoms with Crippen LogP contribution in [0.5, 0.6) is 0 Å². The van der Waals surface area contributed by atoms with E-state index < -0.39 is 9.84 Å². The highest BCUT2D eigenvalue weighted by Crippen LogP contribution is 2.39. The number of sulfone groups is 1. The molecule has 0 bridgehead atoms. The summed E-state index contributed by atoms with van der Waals surface area (Å²) >= 11 is 0. The Labute approximate surface area is 125 Å². The van der Waals surface area contributed by atoms with Crippen molar-refractivity contribution in [3.8, 4) is 0 Å². The second-order valence-electron chi connectivity index (χ2n) is 7.45. The Morgan fingerprint density at radius 2 is 1.85 bits per heavy atom. The Hall–Kier alpha value is -0.130. The Morgan fingerprint density at radius 3 is 2.30 bits per heavy atom. The van der Waals surface area contributed by atoms with E-state index in [4.69, 9.17) is 0 Å². The normalized spacial score (nSPS) is 28.9. The minimum Gasteiger partial charge on any atom is -0.315 e. The van der Waals surface area contributed by atoms with E-state index in [2.05, 4.69) is 38.0 Å². The number of nitrogens with zero attached hydrogens (tertiary/aromatic N) is 1. The molecule has 0 spiro atoms. The molecule has 0 amide bonds. The second-order valence-corrected chi connectivity index (χ2v) is 9.71. The summed E-state index contributed by atoms with van der Waals surface area (Å²) in [5.41, 5.74) is 0.328. The molecule has 3 unspecified atom stereocenters. The lowest BCUT2D eigenvalue weighted by atomic mass is 9.69. The predicted molar refractivity (Wildman–Crippen MR) is 85.8 cm³/mol. The standard InChI is InChI=1S/C15H32N2O2S/c1-15(2,3)12-7-8-13(16-4)14(11-12)17(5)9-10-20(6,18)19/h12-14,16H,7-11H2,1-6H3. The first-order valence-corrected chi connectivity index (χ1v) is 9.66. The van der Waals surface area contributed by atoms with Gasteiger partial charge in [-0.2, -0.15) is 0 Å². The summed E-state index contributed by atoms with van der Waals surface area (Å²) in [6, 6.07) is 0.901. The Balaban J connectivity index is 2.71. The predicted octanol–water partition coefficient (Wildman–Crippen LogP) is 1.77. The second kappa shape index (κ2) is 6.75. The molecule has 0 aromatic rings. The van der Waals surface area contributed by atoms with Crippen molar-refractivity contribution in [1.82, 2.24) is 10.2 Å². The van der Waals surface area contributed by atoms with Crippen LogP contribution in [-0.2, 0) is 9.84 Å². The van der Waals surface area contributed by atoms with Crippen LogP contribution in [0, 0.1) is 11.3 Å². The summed E-state index contributed by atoms with van der Waals surface area (Å²) in [6.45, 7) is 7.55. The third kappa shape index (κ3) is 5.34. The van der Waals surface area contributed by atoms with Gasteiger partial charge >= 0.3 is 0 Å². The monoisotopic (exact) mass is 304 g/mol. The van der Waals surface area contributed by atoms with Gasteiger partial charge in [0.2, 0.25) is 0 Å². The lowest BCUT2D eigenvalue weighted by Crippen LogP contribution is -2.53. The fourth-order valence-electron chi connectivity index (χ4n) is 3.23. The van der Waals surface area contributed by atoms with E-state index in [1.165, 1.54) is 19.1 Å². The molecule has 0 radical (unpaired) electrons. The zero-order chi connectivity index (χ0) is 15.6. The average Bonchev–Trinajstić information content (AvgIpc) is 2.33. The highest BCUT2D eigenvalue weighted by atomic mass is 32.2. The van der Waals surface area contributed by atoms with Gasteiger partial charge < -0.3 is 10.2 Å². The van der Waals surface area contributed by atoms with Gasteiger partial charge in [0.15, 0.2) is 0 Å². The van der Waals surface area contributed by atoms with Crippen LogP contribution < -0.4 is 5.32 Å². The molecule has 1 aliphatic rings. The van der Waals surface area contributed by atoms with Crippen LogP contribution in [0.1, 0.15) is 40.0 Å². The smallest absolute Gasteiger partial charge is 0.148 e. The highest BCUT2D eigenvalue weighted by Gasteiger charge is 2.37. The van der Waals surface area contributed by atoms with Crippen LogP contribution in [-0.4, -0.2) is 58.1 Å². The van der Waals surface area contributed by atoms with Crippen molar-refractivity contribution in [2.75, 3.05) is 32.6 Å². The number of rotatable bonds is 5. The van der Waals surface area contributed by atoms with E-state index in [9.17, 15) is 8.42 Å². The van der Waals surface area contributed by atoms with Crippen molar-refractivity contribution in [2.45, 2.75) is 52.1 Å². The van der Waals surface area contributed by atoms with E-state index in [0.29, 0.717) is 30.0 Å². The molecule has 1 saturated carbocycles. The van der Waals surface area contributed by atoms with Gasteiger partial charge in [-0.3, -0.25) is 0 Å². The number of hydrogen-bond acceptors (Lipinski definition) is 4. The summed E-state index contributed by atoms with van der Waals surface area (Å²) in [4.78, 5) is 2.24. The van der Waals surface area contributed by atoms with E-state index >= 15 is 0 Å². The van der Waals surface area contributed by atoms with Crippen LogP contribution in [0.2, 0.25) is 0 Å². The van der Waals surface area contributed by atoms with Crippen molar-refractivity contribution in [3.05, 3.63) is 0 Å². The molecule has 0 aliphatic heterocycles. The zero-order valence-electron chi connectivity index (χ0n) is 13.9. The summed E-state index contributed by atoms with van der Waals surface area (Å²) in [6.07, 6.45) is 4.89. The molecule has 0 aromatic heterocycles. The van der Waals surface area contributed by atoms with E-state index in [0.717, 1.165) is 6.42 Å². The van der Waals surface area contributed by atoms with Gasteiger partial charge in [-0.15, -0.1) is 0 Å². The van der Waals surface area contributed by atoms with Crippen molar-refractivity contribution in [2.24, 2.45) is 11.3 Å². The summed E-state index contributed by atoms with van der Waals surface area (Å²) < 4.78 is 22.7. The third-order valence-corrected chi connectivity index (χ3v) is 5.72. The van der Waals surface area contributed by atoms with E-state index in [1.54, 1.807) is 0 Å². The molecule has 0 aromatic carbocycles. The fraction of sp³-hybridized carbons (Fsp3) is 1.00. The quantitative estimate of drug-likeness (QED) is 0.841. The molecule has 1 aliphatic carbocycles. The van der Waals surface area contributed by atoms with Crippen LogP contribution in [0.25, 0.3) is 0 Å². The molecule has 20 heavy (non-hydrogen) atoms. The SMILES string of the molecule is CNC1CCC(C(C)(C)C)CC1N(C)CCS(C)(=O)=O. The Bertz CT molecular complexity index is 401. The van der Waals surface area contributed by atoms with Gasteiger partial charge in [0.25, 0.3) is 0 Å². The van der Waals surface area contributed by atoms with Crippen LogP contribution in [0.3, 0.4) is 0 Å². The van der Waals surface area contributed by atoms with Crippen molar-refractivity contribution < 1.29 is 8.42 Å². The van der Waals surface area contributed by atoms with Gasteiger partial charge in [0.1, 0.15) is 9.84 Å². The maximum absolute atomic E-state index is 11.4. The molecule has 5 heteroatoms. The number of likely N-dealkylation sites (N-methyl/N-ethyl adjacent to an activating group) is 2. The highest BCUT2D eigenvalue weighted by molar-refractivity contribution is 7.90. The zero-order valence-corrected chi connectivity index (χ0v) is 14.8. The first-order chi connectivity index (χ1) is 9.04. The van der Waals surface area contributed by atoms with E-state index in [-0.39, 0.29) is 5.75 Å². The third-order valence-electron chi connectivity index (χ3n) is 4.79. The van der Waals surface area contributed by atoms with Crippen molar-refractivity contribution >= 4 is 9.84 Å². The molecule has 3 atom stereocenters. The Morgan fingerprint density at radius 1 is 1.25 bits per heavy atom.